The standard InChI is InChI=1S/C21H14BrN3O3/c22-15-6-8-17(9-7-15)25-20(27)18(19(26)23-21(25)28)12-14-10-11-24(13-14)16-4-2-1-3-5-16/h1-13H,(H,23,26,28)/b18-12-. The molecule has 4 amide bonds. The van der Waals surface area contributed by atoms with Crippen molar-refractivity contribution >= 4 is 45.5 Å². The summed E-state index contributed by atoms with van der Waals surface area (Å²) in [4.78, 5) is 38.3. The van der Waals surface area contributed by atoms with Gasteiger partial charge in [-0.2, -0.15) is 0 Å². The number of nitrogens with one attached hydrogen (secondary N) is 1. The lowest BCUT2D eigenvalue weighted by Crippen LogP contribution is -2.54. The molecule has 6 nitrogen and oxygen atoms in total. The molecule has 0 spiro atoms. The fourth-order valence-electron chi connectivity index (χ4n) is 2.91. The van der Waals surface area contributed by atoms with Gasteiger partial charge in [-0.1, -0.05) is 34.1 Å². The van der Waals surface area contributed by atoms with E-state index in [4.69, 9.17) is 0 Å². The average molecular weight is 436 g/mol. The second-order valence-electron chi connectivity index (χ2n) is 6.12. The normalized spacial score (nSPS) is 15.8. The third-order valence-corrected chi connectivity index (χ3v) is 4.80. The molecular weight excluding hydrogens is 422 g/mol. The van der Waals surface area contributed by atoms with Crippen molar-refractivity contribution in [3.63, 3.8) is 0 Å². The summed E-state index contributed by atoms with van der Waals surface area (Å²) in [6, 6.07) is 17.4. The molecule has 0 bridgehead atoms. The van der Waals surface area contributed by atoms with E-state index in [9.17, 15) is 14.4 Å². The number of anilines is 1. The molecule has 0 radical (unpaired) electrons. The number of hydrogen-bond acceptors (Lipinski definition) is 3. The van der Waals surface area contributed by atoms with E-state index in [1.807, 2.05) is 47.3 Å². The van der Waals surface area contributed by atoms with Crippen molar-refractivity contribution in [2.45, 2.75) is 0 Å². The molecule has 4 rings (SSSR count). The molecule has 7 heteroatoms. The Bertz CT molecular complexity index is 1100. The molecule has 0 atom stereocenters. The molecule has 1 N–H and O–H groups in total. The van der Waals surface area contributed by atoms with E-state index in [1.54, 1.807) is 30.3 Å². The van der Waals surface area contributed by atoms with E-state index in [-0.39, 0.29) is 5.57 Å². The summed E-state index contributed by atoms with van der Waals surface area (Å²) in [5.74, 6) is -1.38. The number of barbiturate groups is 1. The largest absolute Gasteiger partial charge is 0.335 e. The lowest BCUT2D eigenvalue weighted by atomic mass is 10.1. The number of benzene rings is 2. The summed E-state index contributed by atoms with van der Waals surface area (Å²) in [5, 5.41) is 2.22. The predicted octanol–water partition coefficient (Wildman–Crippen LogP) is 3.91. The van der Waals surface area contributed by atoms with Crippen molar-refractivity contribution in [2.75, 3.05) is 4.90 Å². The molecule has 0 saturated carbocycles. The predicted molar refractivity (Wildman–Crippen MR) is 109 cm³/mol. The van der Waals surface area contributed by atoms with Gasteiger partial charge in [0.2, 0.25) is 0 Å². The van der Waals surface area contributed by atoms with Gasteiger partial charge in [0.05, 0.1) is 5.69 Å². The monoisotopic (exact) mass is 435 g/mol. The van der Waals surface area contributed by atoms with Gasteiger partial charge in [-0.05, 0) is 54.1 Å². The van der Waals surface area contributed by atoms with Gasteiger partial charge in [-0.15, -0.1) is 0 Å². The Morgan fingerprint density at radius 1 is 0.857 bits per heavy atom. The van der Waals surface area contributed by atoms with Crippen molar-refractivity contribution in [3.8, 4) is 5.69 Å². The topological polar surface area (TPSA) is 71.4 Å². The SMILES string of the molecule is O=C1NC(=O)N(c2ccc(Br)cc2)C(=O)/C1=C\c1ccn(-c2ccccc2)c1. The Morgan fingerprint density at radius 2 is 1.57 bits per heavy atom. The number of urea groups is 1. The van der Waals surface area contributed by atoms with Gasteiger partial charge in [0.1, 0.15) is 5.57 Å². The van der Waals surface area contributed by atoms with E-state index in [1.165, 1.54) is 6.08 Å². The van der Waals surface area contributed by atoms with E-state index in [2.05, 4.69) is 21.2 Å². The maximum absolute atomic E-state index is 12.9. The number of amides is 4. The van der Waals surface area contributed by atoms with Crippen LogP contribution in [0.4, 0.5) is 10.5 Å². The summed E-state index contributed by atoms with van der Waals surface area (Å²) >= 11 is 3.32. The third kappa shape index (κ3) is 3.39. The van der Waals surface area contributed by atoms with Crippen molar-refractivity contribution in [3.05, 3.63) is 88.7 Å². The minimum absolute atomic E-state index is 0.103. The fraction of sp³-hybridized carbons (Fsp3) is 0. The molecule has 1 aromatic heterocycles. The second kappa shape index (κ2) is 7.28. The van der Waals surface area contributed by atoms with Crippen LogP contribution < -0.4 is 10.2 Å². The van der Waals surface area contributed by atoms with Gasteiger partial charge in [0, 0.05) is 22.6 Å². The van der Waals surface area contributed by atoms with E-state index in [0.717, 1.165) is 15.1 Å². The number of halogens is 1. The summed E-state index contributed by atoms with van der Waals surface area (Å²) in [7, 11) is 0. The van der Waals surface area contributed by atoms with Crippen LogP contribution in [0.15, 0.2) is 83.1 Å². The number of rotatable bonds is 3. The van der Waals surface area contributed by atoms with Crippen molar-refractivity contribution < 1.29 is 14.4 Å². The summed E-state index contributed by atoms with van der Waals surface area (Å²) in [6.45, 7) is 0. The summed E-state index contributed by atoms with van der Waals surface area (Å²) in [6.07, 6.45) is 5.13. The zero-order valence-electron chi connectivity index (χ0n) is 14.5. The van der Waals surface area contributed by atoms with Gasteiger partial charge in [-0.25, -0.2) is 9.69 Å². The highest BCUT2D eigenvalue weighted by molar-refractivity contribution is 9.10. The first kappa shape index (κ1) is 17.9. The molecular formula is C21H14BrN3O3. The van der Waals surface area contributed by atoms with Gasteiger partial charge < -0.3 is 4.57 Å². The van der Waals surface area contributed by atoms with Crippen LogP contribution in [0.3, 0.4) is 0 Å². The first-order valence-corrected chi connectivity index (χ1v) is 9.23. The lowest BCUT2D eigenvalue weighted by Gasteiger charge is -2.26. The zero-order valence-corrected chi connectivity index (χ0v) is 16.1. The van der Waals surface area contributed by atoms with Crippen molar-refractivity contribution in [1.82, 2.24) is 9.88 Å². The Morgan fingerprint density at radius 3 is 2.29 bits per heavy atom. The molecule has 1 aliphatic rings. The minimum Gasteiger partial charge on any atom is -0.323 e. The van der Waals surface area contributed by atoms with Gasteiger partial charge >= 0.3 is 6.03 Å². The van der Waals surface area contributed by atoms with E-state index < -0.39 is 17.8 Å². The highest BCUT2D eigenvalue weighted by atomic mass is 79.9. The first-order valence-electron chi connectivity index (χ1n) is 8.43. The Balaban J connectivity index is 1.67. The molecule has 1 aliphatic heterocycles. The molecule has 0 aliphatic carbocycles. The number of aromatic nitrogens is 1. The van der Waals surface area contributed by atoms with Crippen molar-refractivity contribution in [1.29, 1.82) is 0 Å². The van der Waals surface area contributed by atoms with E-state index >= 15 is 0 Å². The minimum atomic E-state index is -0.767. The van der Waals surface area contributed by atoms with Crippen LogP contribution in [0.25, 0.3) is 11.8 Å². The number of carbonyl (C=O) groups is 3. The second-order valence-corrected chi connectivity index (χ2v) is 7.04. The van der Waals surface area contributed by atoms with Crippen LogP contribution in [0, 0.1) is 0 Å². The first-order chi connectivity index (χ1) is 13.5. The maximum atomic E-state index is 12.9. The number of carbonyl (C=O) groups excluding carboxylic acids is 3. The van der Waals surface area contributed by atoms with Gasteiger partial charge in [0.25, 0.3) is 11.8 Å². The Hall–Kier alpha value is -3.45. The van der Waals surface area contributed by atoms with Crippen LogP contribution >= 0.6 is 15.9 Å². The Kier molecular flexibility index (Phi) is 4.67. The molecule has 1 saturated heterocycles. The van der Waals surface area contributed by atoms with Gasteiger partial charge in [0.15, 0.2) is 0 Å². The van der Waals surface area contributed by atoms with Crippen LogP contribution in [-0.2, 0) is 9.59 Å². The molecule has 28 heavy (non-hydrogen) atoms. The summed E-state index contributed by atoms with van der Waals surface area (Å²) < 4.78 is 2.70. The summed E-state index contributed by atoms with van der Waals surface area (Å²) in [5.41, 5.74) is 1.91. The van der Waals surface area contributed by atoms with Crippen LogP contribution in [-0.4, -0.2) is 22.4 Å². The number of para-hydroxylation sites is 1. The maximum Gasteiger partial charge on any atom is 0.335 e. The third-order valence-electron chi connectivity index (χ3n) is 4.27. The highest BCUT2D eigenvalue weighted by Crippen LogP contribution is 2.24. The lowest BCUT2D eigenvalue weighted by molar-refractivity contribution is -0.122. The number of hydrogen-bond donors (Lipinski definition) is 1. The molecule has 1 fully saturated rings. The molecule has 2 heterocycles. The van der Waals surface area contributed by atoms with Crippen molar-refractivity contribution in [2.24, 2.45) is 0 Å². The smallest absolute Gasteiger partial charge is 0.323 e. The van der Waals surface area contributed by atoms with Crippen LogP contribution in [0.5, 0.6) is 0 Å². The molecule has 138 valence electrons. The number of imide groups is 2. The molecule has 0 unspecified atom stereocenters. The Labute approximate surface area is 169 Å². The van der Waals surface area contributed by atoms with E-state index in [0.29, 0.717) is 11.3 Å². The molecule has 2 aromatic carbocycles. The highest BCUT2D eigenvalue weighted by Gasteiger charge is 2.36. The van der Waals surface area contributed by atoms with Crippen LogP contribution in [0.1, 0.15) is 5.56 Å². The zero-order chi connectivity index (χ0) is 19.7. The fourth-order valence-corrected chi connectivity index (χ4v) is 3.17. The molecule has 3 aromatic rings. The van der Waals surface area contributed by atoms with Gasteiger partial charge in [-0.3, -0.25) is 14.9 Å². The quantitative estimate of drug-likeness (QED) is 0.500. The average Bonchev–Trinajstić information content (AvgIpc) is 3.16. The number of nitrogens with zero attached hydrogens (tertiary/aromatic N) is 2. The van der Waals surface area contributed by atoms with Crippen LogP contribution in [0.2, 0.25) is 0 Å².